The third-order valence-corrected chi connectivity index (χ3v) is 3.77. The fourth-order valence-electron chi connectivity index (χ4n) is 1.66. The van der Waals surface area contributed by atoms with Gasteiger partial charge in [-0.1, -0.05) is 32.4 Å². The van der Waals surface area contributed by atoms with Gasteiger partial charge >= 0.3 is 0 Å². The summed E-state index contributed by atoms with van der Waals surface area (Å²) in [6, 6.07) is 7.20. The molecule has 2 aromatic rings. The number of rotatable bonds is 4. The summed E-state index contributed by atoms with van der Waals surface area (Å²) in [4.78, 5) is 13.3. The molecule has 1 amide bonds. The van der Waals surface area contributed by atoms with Crippen LogP contribution in [0.2, 0.25) is 5.02 Å². The lowest BCUT2D eigenvalue weighted by molar-refractivity contribution is -0.123. The van der Waals surface area contributed by atoms with Crippen LogP contribution >= 0.6 is 11.6 Å². The molecule has 0 saturated heterocycles. The summed E-state index contributed by atoms with van der Waals surface area (Å²) < 4.78 is 0. The number of benzene rings is 1. The van der Waals surface area contributed by atoms with E-state index in [-0.39, 0.29) is 23.9 Å². The molecular weight excluding hydrogens is 302 g/mol. The van der Waals surface area contributed by atoms with Gasteiger partial charge in [0.15, 0.2) is 0 Å². The van der Waals surface area contributed by atoms with Crippen LogP contribution in [0.5, 0.6) is 0 Å². The molecule has 1 atom stereocenters. The van der Waals surface area contributed by atoms with Gasteiger partial charge in [-0.15, -0.1) is 10.2 Å². The average Bonchev–Trinajstić information content (AvgIpc) is 2.86. The SMILES string of the molecule is C[C@H](NC(=O)Cn1nnc(-c2ccc(Cl)cc2)n1)C(C)(C)C. The molecule has 1 N–H and O–H groups in total. The minimum atomic E-state index is -0.137. The maximum Gasteiger partial charge on any atom is 0.243 e. The van der Waals surface area contributed by atoms with Gasteiger partial charge in [0.05, 0.1) is 0 Å². The van der Waals surface area contributed by atoms with E-state index >= 15 is 0 Å². The Kier molecular flexibility index (Phi) is 4.81. The normalized spacial score (nSPS) is 13.0. The lowest BCUT2D eigenvalue weighted by atomic mass is 9.88. The van der Waals surface area contributed by atoms with Crippen molar-refractivity contribution in [2.24, 2.45) is 5.41 Å². The van der Waals surface area contributed by atoms with E-state index in [0.29, 0.717) is 10.8 Å². The van der Waals surface area contributed by atoms with Crippen LogP contribution in [0.1, 0.15) is 27.7 Å². The monoisotopic (exact) mass is 321 g/mol. The van der Waals surface area contributed by atoms with Gasteiger partial charge in [0.1, 0.15) is 6.54 Å². The molecule has 1 aromatic heterocycles. The molecule has 0 spiro atoms. The van der Waals surface area contributed by atoms with Crippen LogP contribution in [0.4, 0.5) is 0 Å². The first-order chi connectivity index (χ1) is 10.3. The lowest BCUT2D eigenvalue weighted by Crippen LogP contribution is -2.43. The van der Waals surface area contributed by atoms with E-state index in [2.05, 4.69) is 41.5 Å². The van der Waals surface area contributed by atoms with Crippen molar-refractivity contribution >= 4 is 17.5 Å². The van der Waals surface area contributed by atoms with E-state index in [4.69, 9.17) is 11.6 Å². The van der Waals surface area contributed by atoms with Crippen molar-refractivity contribution < 1.29 is 4.79 Å². The Morgan fingerprint density at radius 1 is 1.32 bits per heavy atom. The largest absolute Gasteiger partial charge is 0.351 e. The zero-order chi connectivity index (χ0) is 16.3. The Morgan fingerprint density at radius 3 is 2.55 bits per heavy atom. The predicted molar refractivity (Wildman–Crippen MR) is 85.3 cm³/mol. The summed E-state index contributed by atoms with van der Waals surface area (Å²) in [5.74, 6) is 0.329. The van der Waals surface area contributed by atoms with Crippen LogP contribution in [-0.2, 0) is 11.3 Å². The summed E-state index contributed by atoms with van der Waals surface area (Å²) in [6.45, 7) is 8.24. The molecule has 0 radical (unpaired) electrons. The van der Waals surface area contributed by atoms with Gasteiger partial charge in [-0.25, -0.2) is 0 Å². The molecule has 0 bridgehead atoms. The first kappa shape index (κ1) is 16.4. The Bertz CT molecular complexity index is 645. The fraction of sp³-hybridized carbons (Fsp3) is 0.467. The van der Waals surface area contributed by atoms with Crippen molar-refractivity contribution in [3.8, 4) is 11.4 Å². The zero-order valence-electron chi connectivity index (χ0n) is 13.2. The van der Waals surface area contributed by atoms with Crippen LogP contribution in [-0.4, -0.2) is 32.2 Å². The van der Waals surface area contributed by atoms with Crippen LogP contribution in [0.3, 0.4) is 0 Å². The molecule has 6 nitrogen and oxygen atoms in total. The molecule has 22 heavy (non-hydrogen) atoms. The minimum Gasteiger partial charge on any atom is -0.351 e. The predicted octanol–water partition coefficient (Wildman–Crippen LogP) is 2.54. The number of nitrogens with one attached hydrogen (secondary N) is 1. The Morgan fingerprint density at radius 2 is 1.95 bits per heavy atom. The van der Waals surface area contributed by atoms with Gasteiger partial charge in [0, 0.05) is 16.6 Å². The number of amides is 1. The highest BCUT2D eigenvalue weighted by Crippen LogP contribution is 2.18. The van der Waals surface area contributed by atoms with Crippen LogP contribution in [0, 0.1) is 5.41 Å². The first-order valence-corrected chi connectivity index (χ1v) is 7.46. The summed E-state index contributed by atoms with van der Waals surface area (Å²) in [5, 5.41) is 15.7. The number of carbonyl (C=O) groups is 1. The molecular formula is C15H20ClN5O. The van der Waals surface area contributed by atoms with Crippen molar-refractivity contribution in [3.63, 3.8) is 0 Å². The van der Waals surface area contributed by atoms with Gasteiger partial charge < -0.3 is 5.32 Å². The molecule has 0 aliphatic heterocycles. The van der Waals surface area contributed by atoms with Crippen molar-refractivity contribution in [2.75, 3.05) is 0 Å². The van der Waals surface area contributed by atoms with Crippen molar-refractivity contribution in [2.45, 2.75) is 40.3 Å². The quantitative estimate of drug-likeness (QED) is 0.939. The third-order valence-electron chi connectivity index (χ3n) is 3.52. The number of carbonyl (C=O) groups excluding carboxylic acids is 1. The van der Waals surface area contributed by atoms with E-state index in [9.17, 15) is 4.79 Å². The van der Waals surface area contributed by atoms with Crippen LogP contribution in [0.25, 0.3) is 11.4 Å². The molecule has 0 saturated carbocycles. The number of halogens is 1. The van der Waals surface area contributed by atoms with Gasteiger partial charge in [0.25, 0.3) is 0 Å². The Hall–Kier alpha value is -1.95. The van der Waals surface area contributed by atoms with E-state index < -0.39 is 0 Å². The van der Waals surface area contributed by atoms with Crippen molar-refractivity contribution in [1.29, 1.82) is 0 Å². The average molecular weight is 322 g/mol. The maximum atomic E-state index is 12.0. The second-order valence-electron chi connectivity index (χ2n) is 6.31. The van der Waals surface area contributed by atoms with E-state index in [1.807, 2.05) is 19.1 Å². The minimum absolute atomic E-state index is 0.0000772. The van der Waals surface area contributed by atoms with Crippen LogP contribution in [0.15, 0.2) is 24.3 Å². The zero-order valence-corrected chi connectivity index (χ0v) is 13.9. The van der Waals surface area contributed by atoms with Gasteiger partial charge in [-0.05, 0) is 41.8 Å². The molecule has 0 aliphatic carbocycles. The number of hydrogen-bond acceptors (Lipinski definition) is 4. The lowest BCUT2D eigenvalue weighted by Gasteiger charge is -2.27. The highest BCUT2D eigenvalue weighted by molar-refractivity contribution is 6.30. The standard InChI is InChI=1S/C15H20ClN5O/c1-10(15(2,3)4)17-13(22)9-21-19-14(18-20-21)11-5-7-12(16)8-6-11/h5-8,10H,9H2,1-4H3,(H,17,22)/t10-/m0/s1. The highest BCUT2D eigenvalue weighted by atomic mass is 35.5. The Balaban J connectivity index is 2.00. The molecule has 2 rings (SSSR count). The number of aromatic nitrogens is 4. The molecule has 0 aliphatic rings. The molecule has 0 fully saturated rings. The molecule has 1 aromatic carbocycles. The molecule has 0 unspecified atom stereocenters. The fourth-order valence-corrected chi connectivity index (χ4v) is 1.78. The van der Waals surface area contributed by atoms with Gasteiger partial charge in [-0.2, -0.15) is 4.80 Å². The summed E-state index contributed by atoms with van der Waals surface area (Å²) in [6.07, 6.45) is 0. The summed E-state index contributed by atoms with van der Waals surface area (Å²) >= 11 is 5.84. The number of hydrogen-bond donors (Lipinski definition) is 1. The topological polar surface area (TPSA) is 72.7 Å². The second kappa shape index (κ2) is 6.44. The van der Waals surface area contributed by atoms with Gasteiger partial charge in [0.2, 0.25) is 11.7 Å². The van der Waals surface area contributed by atoms with E-state index in [0.717, 1.165) is 5.56 Å². The summed E-state index contributed by atoms with van der Waals surface area (Å²) in [5.41, 5.74) is 0.805. The summed E-state index contributed by atoms with van der Waals surface area (Å²) in [7, 11) is 0. The molecule has 118 valence electrons. The van der Waals surface area contributed by atoms with Crippen molar-refractivity contribution in [1.82, 2.24) is 25.5 Å². The Labute approximate surface area is 134 Å². The van der Waals surface area contributed by atoms with Crippen LogP contribution < -0.4 is 5.32 Å². The van der Waals surface area contributed by atoms with Gasteiger partial charge in [-0.3, -0.25) is 4.79 Å². The first-order valence-electron chi connectivity index (χ1n) is 7.09. The maximum absolute atomic E-state index is 12.0. The molecule has 1 heterocycles. The smallest absolute Gasteiger partial charge is 0.243 e. The number of nitrogens with zero attached hydrogens (tertiary/aromatic N) is 4. The number of tetrazole rings is 1. The second-order valence-corrected chi connectivity index (χ2v) is 6.74. The van der Waals surface area contributed by atoms with E-state index in [1.165, 1.54) is 4.80 Å². The third kappa shape index (κ3) is 4.27. The molecule has 7 heteroatoms. The van der Waals surface area contributed by atoms with Crippen molar-refractivity contribution in [3.05, 3.63) is 29.3 Å². The highest BCUT2D eigenvalue weighted by Gasteiger charge is 2.22. The van der Waals surface area contributed by atoms with E-state index in [1.54, 1.807) is 12.1 Å².